The van der Waals surface area contributed by atoms with Gasteiger partial charge in [0.25, 0.3) is 0 Å². The van der Waals surface area contributed by atoms with Crippen LogP contribution in [0.3, 0.4) is 0 Å². The van der Waals surface area contributed by atoms with E-state index in [1.165, 1.54) is 0 Å². The Hall–Kier alpha value is 0.230. The minimum Gasteiger partial charge on any atom is -0.378 e. The number of nitrogens with zero attached hydrogens (tertiary/aromatic N) is 1. The SMILES string of the molecule is C[N+](C)(C)CCOCCOCCS. The molecule has 0 spiro atoms. The highest BCUT2D eigenvalue weighted by Crippen LogP contribution is 1.89. The molecule has 0 unspecified atom stereocenters. The molecule has 0 aromatic carbocycles. The zero-order valence-electron chi connectivity index (χ0n) is 8.95. The van der Waals surface area contributed by atoms with E-state index in [0.717, 1.165) is 23.4 Å². The average molecular weight is 208 g/mol. The molecule has 4 heteroatoms. The first-order chi connectivity index (χ1) is 6.06. The Kier molecular flexibility index (Phi) is 7.75. The molecule has 0 N–H and O–H groups in total. The van der Waals surface area contributed by atoms with Crippen molar-refractivity contribution < 1.29 is 14.0 Å². The third-order valence-corrected chi connectivity index (χ3v) is 1.70. The first kappa shape index (κ1) is 13.2. The van der Waals surface area contributed by atoms with E-state index in [9.17, 15) is 0 Å². The lowest BCUT2D eigenvalue weighted by molar-refractivity contribution is -0.870. The number of thiol groups is 1. The standard InChI is InChI=1S/C9H21NO2S/c1-10(2,3)4-5-11-6-7-12-8-9-13/h4-9H2,1-3H3/p+1. The molecule has 0 aliphatic heterocycles. The number of ether oxygens (including phenoxy) is 2. The van der Waals surface area contributed by atoms with Gasteiger partial charge in [0.1, 0.15) is 6.54 Å². The summed E-state index contributed by atoms with van der Waals surface area (Å²) in [6, 6.07) is 0. The predicted octanol–water partition coefficient (Wildman–Crippen LogP) is 0.656. The van der Waals surface area contributed by atoms with Gasteiger partial charge in [0.15, 0.2) is 0 Å². The van der Waals surface area contributed by atoms with Crippen LogP contribution < -0.4 is 0 Å². The molecule has 0 aliphatic carbocycles. The van der Waals surface area contributed by atoms with Crippen LogP contribution in [0.5, 0.6) is 0 Å². The number of rotatable bonds is 8. The van der Waals surface area contributed by atoms with Crippen LogP contribution in [0.1, 0.15) is 0 Å². The maximum absolute atomic E-state index is 5.39. The molecule has 0 heterocycles. The van der Waals surface area contributed by atoms with Crippen molar-refractivity contribution in [3.8, 4) is 0 Å². The lowest BCUT2D eigenvalue weighted by Gasteiger charge is -2.23. The van der Waals surface area contributed by atoms with E-state index in [0.29, 0.717) is 19.8 Å². The maximum atomic E-state index is 5.39. The molecule has 0 fully saturated rings. The van der Waals surface area contributed by atoms with Crippen molar-refractivity contribution in [2.24, 2.45) is 0 Å². The molecule has 80 valence electrons. The van der Waals surface area contributed by atoms with Crippen LogP contribution in [-0.2, 0) is 9.47 Å². The highest BCUT2D eigenvalue weighted by atomic mass is 32.1. The molecule has 3 nitrogen and oxygen atoms in total. The van der Waals surface area contributed by atoms with Gasteiger partial charge in [0, 0.05) is 5.75 Å². The minimum atomic E-state index is 0.678. The van der Waals surface area contributed by atoms with E-state index in [1.54, 1.807) is 0 Å². The predicted molar refractivity (Wildman–Crippen MR) is 58.4 cm³/mol. The largest absolute Gasteiger partial charge is 0.378 e. The Morgan fingerprint density at radius 2 is 1.46 bits per heavy atom. The summed E-state index contributed by atoms with van der Waals surface area (Å²) in [5.41, 5.74) is 0. The number of likely N-dealkylation sites (N-methyl/N-ethyl adjacent to an activating group) is 1. The van der Waals surface area contributed by atoms with Crippen molar-refractivity contribution in [3.05, 3.63) is 0 Å². The maximum Gasteiger partial charge on any atom is 0.102 e. The molecular weight excluding hydrogens is 186 g/mol. The lowest BCUT2D eigenvalue weighted by atomic mass is 10.5. The van der Waals surface area contributed by atoms with E-state index in [-0.39, 0.29) is 0 Å². The van der Waals surface area contributed by atoms with Crippen LogP contribution >= 0.6 is 12.6 Å². The summed E-state index contributed by atoms with van der Waals surface area (Å²) in [6.07, 6.45) is 0. The first-order valence-corrected chi connectivity index (χ1v) is 5.26. The second-order valence-corrected chi connectivity index (χ2v) is 4.41. The molecule has 0 aliphatic rings. The third-order valence-electron chi connectivity index (χ3n) is 1.51. The summed E-state index contributed by atoms with van der Waals surface area (Å²) in [7, 11) is 6.46. The summed E-state index contributed by atoms with van der Waals surface area (Å²) in [5, 5.41) is 0. The Morgan fingerprint density at radius 1 is 0.923 bits per heavy atom. The Bertz CT molecular complexity index is 115. The van der Waals surface area contributed by atoms with E-state index >= 15 is 0 Å². The summed E-state index contributed by atoms with van der Waals surface area (Å²) in [6.45, 7) is 3.91. The summed E-state index contributed by atoms with van der Waals surface area (Å²) in [5.74, 6) is 0.777. The quantitative estimate of drug-likeness (QED) is 0.359. The van der Waals surface area contributed by atoms with Crippen molar-refractivity contribution in [1.29, 1.82) is 0 Å². The summed E-state index contributed by atoms with van der Waals surface area (Å²) >= 11 is 4.03. The average Bonchev–Trinajstić information content (AvgIpc) is 2.01. The van der Waals surface area contributed by atoms with Crippen LogP contribution in [0.2, 0.25) is 0 Å². The van der Waals surface area contributed by atoms with E-state index in [4.69, 9.17) is 9.47 Å². The zero-order chi connectivity index (χ0) is 10.2. The zero-order valence-corrected chi connectivity index (χ0v) is 9.85. The second kappa shape index (κ2) is 7.62. The van der Waals surface area contributed by atoms with Crippen molar-refractivity contribution in [1.82, 2.24) is 0 Å². The number of quaternary nitrogens is 1. The highest BCUT2D eigenvalue weighted by molar-refractivity contribution is 7.80. The molecule has 0 atom stereocenters. The van der Waals surface area contributed by atoms with Crippen molar-refractivity contribution >= 4 is 12.6 Å². The lowest BCUT2D eigenvalue weighted by Crippen LogP contribution is -2.37. The fourth-order valence-electron chi connectivity index (χ4n) is 0.725. The van der Waals surface area contributed by atoms with Crippen molar-refractivity contribution in [2.75, 3.05) is 59.9 Å². The monoisotopic (exact) mass is 208 g/mol. The van der Waals surface area contributed by atoms with Crippen molar-refractivity contribution in [2.45, 2.75) is 0 Å². The van der Waals surface area contributed by atoms with Crippen LogP contribution in [0.4, 0.5) is 0 Å². The van der Waals surface area contributed by atoms with Gasteiger partial charge in [-0.25, -0.2) is 0 Å². The molecule has 13 heavy (non-hydrogen) atoms. The molecule has 0 bridgehead atoms. The molecule has 0 rings (SSSR count). The first-order valence-electron chi connectivity index (χ1n) is 4.63. The van der Waals surface area contributed by atoms with Gasteiger partial charge < -0.3 is 14.0 Å². The highest BCUT2D eigenvalue weighted by Gasteiger charge is 2.05. The topological polar surface area (TPSA) is 18.5 Å². The van der Waals surface area contributed by atoms with Crippen LogP contribution in [0.25, 0.3) is 0 Å². The summed E-state index contributed by atoms with van der Waals surface area (Å²) < 4.78 is 11.5. The molecule has 0 saturated heterocycles. The fraction of sp³-hybridized carbons (Fsp3) is 1.00. The molecule has 0 saturated carbocycles. The Morgan fingerprint density at radius 3 is 1.92 bits per heavy atom. The minimum absolute atomic E-state index is 0.678. The third kappa shape index (κ3) is 12.2. The molecular formula is C9H22NO2S+. The van der Waals surface area contributed by atoms with E-state index in [2.05, 4.69) is 33.8 Å². The van der Waals surface area contributed by atoms with Crippen LogP contribution in [0.15, 0.2) is 0 Å². The molecule has 0 radical (unpaired) electrons. The molecule has 0 amide bonds. The van der Waals surface area contributed by atoms with Gasteiger partial charge in [-0.2, -0.15) is 12.6 Å². The number of hydrogen-bond donors (Lipinski definition) is 1. The fourth-order valence-corrected chi connectivity index (χ4v) is 0.854. The normalized spacial score (nSPS) is 12.0. The molecule has 0 aromatic rings. The Labute approximate surface area is 87.0 Å². The van der Waals surface area contributed by atoms with Gasteiger partial charge in [0.2, 0.25) is 0 Å². The van der Waals surface area contributed by atoms with Crippen LogP contribution in [0, 0.1) is 0 Å². The van der Waals surface area contributed by atoms with Gasteiger partial charge in [-0.1, -0.05) is 0 Å². The molecule has 0 aromatic heterocycles. The van der Waals surface area contributed by atoms with Crippen molar-refractivity contribution in [3.63, 3.8) is 0 Å². The van der Waals surface area contributed by atoms with Crippen LogP contribution in [-0.4, -0.2) is 64.4 Å². The van der Waals surface area contributed by atoms with Gasteiger partial charge in [0.05, 0.1) is 47.6 Å². The summed E-state index contributed by atoms with van der Waals surface area (Å²) in [4.78, 5) is 0. The van der Waals surface area contributed by atoms with Gasteiger partial charge >= 0.3 is 0 Å². The smallest absolute Gasteiger partial charge is 0.102 e. The van der Waals surface area contributed by atoms with Gasteiger partial charge in [-0.15, -0.1) is 0 Å². The van der Waals surface area contributed by atoms with E-state index in [1.807, 2.05) is 0 Å². The van der Waals surface area contributed by atoms with Gasteiger partial charge in [-0.3, -0.25) is 0 Å². The van der Waals surface area contributed by atoms with Gasteiger partial charge in [-0.05, 0) is 0 Å². The second-order valence-electron chi connectivity index (χ2n) is 3.96. The number of hydrogen-bond acceptors (Lipinski definition) is 3. The van der Waals surface area contributed by atoms with E-state index < -0.39 is 0 Å². The Balaban J connectivity index is 3.00.